The molecule has 2 aromatic heterocycles. The van der Waals surface area contributed by atoms with Crippen molar-refractivity contribution in [2.24, 2.45) is 5.92 Å². The quantitative estimate of drug-likeness (QED) is 0.196. The van der Waals surface area contributed by atoms with Crippen LogP contribution in [0, 0.1) is 5.92 Å². The van der Waals surface area contributed by atoms with E-state index < -0.39 is 72.1 Å². The van der Waals surface area contributed by atoms with Gasteiger partial charge in [-0.15, -0.1) is 0 Å². The molecule has 0 spiro atoms. The lowest BCUT2D eigenvalue weighted by Gasteiger charge is -2.23. The maximum Gasteiger partial charge on any atom is 0.420 e. The first kappa shape index (κ1) is 41.1. The predicted molar refractivity (Wildman–Crippen MR) is 175 cm³/mol. The average molecular weight is 745 g/mol. The summed E-state index contributed by atoms with van der Waals surface area (Å²) in [6.07, 6.45) is -10.6. The summed E-state index contributed by atoms with van der Waals surface area (Å²) < 4.78 is 92.8. The number of imidazole rings is 1. The summed E-state index contributed by atoms with van der Waals surface area (Å²) in [6, 6.07) is 4.81. The number of fused-ring (bicyclic) bond motifs is 1. The molecule has 1 aromatic carbocycles. The largest absolute Gasteiger partial charge is 0.453 e. The van der Waals surface area contributed by atoms with E-state index >= 15 is 0 Å². The summed E-state index contributed by atoms with van der Waals surface area (Å²) in [5.41, 5.74) is -3.20. The number of benzene rings is 1. The molecule has 2 N–H and O–H groups in total. The van der Waals surface area contributed by atoms with Gasteiger partial charge in [-0.25, -0.2) is 19.1 Å². The molecule has 3 aromatic rings. The molecular formula is C33H38F6N6O7. The minimum Gasteiger partial charge on any atom is -0.453 e. The second-order valence-corrected chi connectivity index (χ2v) is 12.7. The van der Waals surface area contributed by atoms with E-state index in [2.05, 4.69) is 20.4 Å². The van der Waals surface area contributed by atoms with Gasteiger partial charge >= 0.3 is 24.5 Å². The molecule has 284 valence electrons. The number of alkyl carbamates (subject to hydrolysis) is 1. The van der Waals surface area contributed by atoms with Crippen molar-refractivity contribution in [3.05, 3.63) is 70.4 Å². The lowest BCUT2D eigenvalue weighted by atomic mass is 9.97. The number of amides is 3. The second-order valence-electron chi connectivity index (χ2n) is 12.7. The second kappa shape index (κ2) is 16.3. The molecule has 2 heterocycles. The van der Waals surface area contributed by atoms with Gasteiger partial charge in [0.15, 0.2) is 5.92 Å². The monoisotopic (exact) mass is 744 g/mol. The fourth-order valence-electron chi connectivity index (χ4n) is 4.82. The van der Waals surface area contributed by atoms with Gasteiger partial charge in [0.2, 0.25) is 11.8 Å². The van der Waals surface area contributed by atoms with Crippen LogP contribution in [0.1, 0.15) is 45.0 Å². The third-order valence-corrected chi connectivity index (χ3v) is 7.34. The number of pyridine rings is 1. The normalized spacial score (nSPS) is 12.9. The summed E-state index contributed by atoms with van der Waals surface area (Å²) in [6.45, 7) is 4.05. The molecule has 0 saturated carbocycles. The number of methoxy groups -OCH3 is 1. The Labute approximate surface area is 293 Å². The van der Waals surface area contributed by atoms with Crippen molar-refractivity contribution < 1.29 is 55.0 Å². The van der Waals surface area contributed by atoms with Crippen LogP contribution in [0.25, 0.3) is 11.0 Å². The highest BCUT2D eigenvalue weighted by molar-refractivity contribution is 5.96. The SMILES string of the molecule is COC(=O)N[C@@H](CC/C=C/C(=O)N(C)C)C(=O)Nc1cccn(Cc2nc3c(CC(C(F)(F)F)C(F)(F)F)cccc3n2C(=O)OC(C)(C)C)c1=O. The maximum atomic E-state index is 13.5. The number of hydrogen-bond acceptors (Lipinski definition) is 8. The first-order valence-electron chi connectivity index (χ1n) is 15.6. The van der Waals surface area contributed by atoms with Crippen LogP contribution < -0.4 is 16.2 Å². The number of nitrogens with one attached hydrogen (secondary N) is 2. The van der Waals surface area contributed by atoms with Gasteiger partial charge in [0.25, 0.3) is 5.56 Å². The standard InChI is InChI=1S/C33H38F6N6O7/c1-31(2,3)52-30(50)45-22-14-9-11-19(17-23(32(34,35)36)33(37,38)39)26(22)42-24(45)18-44-16-10-13-21(28(44)48)40-27(47)20(41-29(49)51-6)12-7-8-15-25(46)43(4)5/h8-11,13-16,20,23H,7,12,17-18H2,1-6H3,(H,40,47)(H,41,49)/b15-8+/t20-/m0/s1. The molecule has 0 unspecified atom stereocenters. The molecule has 0 radical (unpaired) electrons. The van der Waals surface area contributed by atoms with E-state index in [1.165, 1.54) is 68.3 Å². The van der Waals surface area contributed by atoms with E-state index in [9.17, 15) is 50.3 Å². The Bertz CT molecular complexity index is 1860. The van der Waals surface area contributed by atoms with Gasteiger partial charge in [0.1, 0.15) is 23.2 Å². The Morgan fingerprint density at radius 2 is 1.65 bits per heavy atom. The number of halogens is 6. The predicted octanol–water partition coefficient (Wildman–Crippen LogP) is 5.40. The molecular weight excluding hydrogens is 706 g/mol. The van der Waals surface area contributed by atoms with Gasteiger partial charge in [0.05, 0.1) is 24.7 Å². The number of carbonyl (C=O) groups excluding carboxylic acids is 4. The van der Waals surface area contributed by atoms with E-state index in [-0.39, 0.29) is 41.3 Å². The Balaban J connectivity index is 2.03. The van der Waals surface area contributed by atoms with E-state index in [4.69, 9.17) is 4.74 Å². The summed E-state index contributed by atoms with van der Waals surface area (Å²) in [5.74, 6) is -5.14. The van der Waals surface area contributed by atoms with Crippen molar-refractivity contribution >= 4 is 40.7 Å². The molecule has 1 atom stereocenters. The van der Waals surface area contributed by atoms with Crippen molar-refractivity contribution in [1.29, 1.82) is 0 Å². The molecule has 0 fully saturated rings. The highest BCUT2D eigenvalue weighted by Crippen LogP contribution is 2.42. The fraction of sp³-hybridized carbons (Fsp3) is 0.455. The molecule has 13 nitrogen and oxygen atoms in total. The number of alkyl halides is 6. The Morgan fingerprint density at radius 1 is 1.00 bits per heavy atom. The number of ether oxygens (including phenoxy) is 2. The molecule has 0 saturated heterocycles. The number of allylic oxidation sites excluding steroid dienone is 1. The number of aromatic nitrogens is 3. The highest BCUT2D eigenvalue weighted by atomic mass is 19.4. The van der Waals surface area contributed by atoms with Gasteiger partial charge < -0.3 is 29.6 Å². The Morgan fingerprint density at radius 3 is 2.23 bits per heavy atom. The molecule has 0 aliphatic heterocycles. The van der Waals surface area contributed by atoms with Crippen LogP contribution in [0.4, 0.5) is 41.6 Å². The number of rotatable bonds is 11. The molecule has 0 aliphatic rings. The smallest absolute Gasteiger partial charge is 0.420 e. The van der Waals surface area contributed by atoms with Crippen LogP contribution >= 0.6 is 0 Å². The van der Waals surface area contributed by atoms with Gasteiger partial charge in [-0.2, -0.15) is 26.3 Å². The van der Waals surface area contributed by atoms with Crippen molar-refractivity contribution in [1.82, 2.24) is 24.3 Å². The molecule has 0 aliphatic carbocycles. The van der Waals surface area contributed by atoms with E-state index in [1.54, 1.807) is 14.1 Å². The van der Waals surface area contributed by atoms with Crippen molar-refractivity contribution in [2.45, 2.75) is 70.6 Å². The zero-order valence-electron chi connectivity index (χ0n) is 29.0. The first-order chi connectivity index (χ1) is 24.0. The van der Waals surface area contributed by atoms with Gasteiger partial charge in [-0.05, 0) is 69.9 Å². The van der Waals surface area contributed by atoms with Crippen LogP contribution in [-0.4, -0.2) is 88.2 Å². The highest BCUT2D eigenvalue weighted by Gasteiger charge is 2.56. The first-order valence-corrected chi connectivity index (χ1v) is 15.6. The Hall–Kier alpha value is -5.36. The summed E-state index contributed by atoms with van der Waals surface area (Å²) in [7, 11) is 4.17. The van der Waals surface area contributed by atoms with Crippen LogP contribution in [0.3, 0.4) is 0 Å². The van der Waals surface area contributed by atoms with Crippen molar-refractivity contribution in [3.63, 3.8) is 0 Å². The molecule has 3 rings (SSSR count). The van der Waals surface area contributed by atoms with Crippen LogP contribution in [0.5, 0.6) is 0 Å². The van der Waals surface area contributed by atoms with Gasteiger partial charge in [-0.3, -0.25) is 14.4 Å². The topological polar surface area (TPSA) is 154 Å². The Kier molecular flexibility index (Phi) is 12.9. The molecule has 19 heteroatoms. The number of anilines is 1. The van der Waals surface area contributed by atoms with Gasteiger partial charge in [0, 0.05) is 20.3 Å². The third kappa shape index (κ3) is 10.8. The number of para-hydroxylation sites is 1. The fourth-order valence-corrected chi connectivity index (χ4v) is 4.82. The average Bonchev–Trinajstić information content (AvgIpc) is 3.39. The van der Waals surface area contributed by atoms with Crippen molar-refractivity contribution in [2.75, 3.05) is 26.5 Å². The van der Waals surface area contributed by atoms with Crippen LogP contribution in [0.15, 0.2) is 53.5 Å². The van der Waals surface area contributed by atoms with E-state index in [1.807, 2.05) is 0 Å². The van der Waals surface area contributed by atoms with Crippen LogP contribution in [0.2, 0.25) is 0 Å². The number of nitrogens with zero attached hydrogens (tertiary/aromatic N) is 4. The summed E-state index contributed by atoms with van der Waals surface area (Å²) >= 11 is 0. The molecule has 0 bridgehead atoms. The maximum absolute atomic E-state index is 13.5. The lowest BCUT2D eigenvalue weighted by Crippen LogP contribution is -2.44. The zero-order chi connectivity index (χ0) is 39.2. The van der Waals surface area contributed by atoms with Gasteiger partial charge in [-0.1, -0.05) is 18.2 Å². The molecule has 52 heavy (non-hydrogen) atoms. The minimum absolute atomic E-state index is 0.00898. The zero-order valence-corrected chi connectivity index (χ0v) is 29.0. The van der Waals surface area contributed by atoms with E-state index in [0.29, 0.717) is 0 Å². The number of carbonyl (C=O) groups is 4. The summed E-state index contributed by atoms with van der Waals surface area (Å²) in [5, 5.41) is 4.76. The number of hydrogen-bond donors (Lipinski definition) is 2. The number of likely N-dealkylation sites (N-methyl/N-ethyl adjacent to an activating group) is 1. The van der Waals surface area contributed by atoms with Crippen molar-refractivity contribution in [3.8, 4) is 0 Å². The van der Waals surface area contributed by atoms with E-state index in [0.717, 1.165) is 22.3 Å². The summed E-state index contributed by atoms with van der Waals surface area (Å²) in [4.78, 5) is 69.5. The van der Waals surface area contributed by atoms with Crippen LogP contribution in [-0.2, 0) is 32.0 Å². The lowest BCUT2D eigenvalue weighted by molar-refractivity contribution is -0.283. The molecule has 3 amide bonds. The minimum atomic E-state index is -5.64. The third-order valence-electron chi connectivity index (χ3n) is 7.34.